The molecule has 18 heavy (non-hydrogen) atoms. The van der Waals surface area contributed by atoms with Gasteiger partial charge in [0.1, 0.15) is 10.8 Å². The molecule has 0 aliphatic heterocycles. The van der Waals surface area contributed by atoms with E-state index < -0.39 is 5.56 Å². The summed E-state index contributed by atoms with van der Waals surface area (Å²) in [5.41, 5.74) is 0.328. The fraction of sp³-hybridized carbons (Fsp3) is 0.167. The van der Waals surface area contributed by atoms with Crippen LogP contribution in [0.25, 0.3) is 0 Å². The van der Waals surface area contributed by atoms with Gasteiger partial charge in [0.2, 0.25) is 0 Å². The Bertz CT molecular complexity index is 614. The van der Waals surface area contributed by atoms with Gasteiger partial charge in [-0.1, -0.05) is 23.7 Å². The Morgan fingerprint density at radius 1 is 1.50 bits per heavy atom. The number of nitrogens with zero attached hydrogens (tertiary/aromatic N) is 1. The number of hydrogen-bond donors (Lipinski definition) is 2. The summed E-state index contributed by atoms with van der Waals surface area (Å²) >= 11 is 5.81. The molecule has 1 aromatic carbocycles. The van der Waals surface area contributed by atoms with Crippen molar-refractivity contribution >= 4 is 17.4 Å². The van der Waals surface area contributed by atoms with Crippen molar-refractivity contribution in [3.8, 4) is 0 Å². The number of halogens is 2. The highest BCUT2D eigenvalue weighted by atomic mass is 35.5. The van der Waals surface area contributed by atoms with Crippen molar-refractivity contribution in [1.82, 2.24) is 9.97 Å². The molecule has 0 amide bonds. The molecule has 0 saturated heterocycles. The monoisotopic (exact) mass is 267 g/mol. The van der Waals surface area contributed by atoms with E-state index in [2.05, 4.69) is 15.3 Å². The predicted octanol–water partition coefficient (Wildman–Crippen LogP) is 2.74. The average Bonchev–Trinajstić information content (AvgIpc) is 2.35. The van der Waals surface area contributed by atoms with Crippen LogP contribution in [-0.2, 0) is 0 Å². The summed E-state index contributed by atoms with van der Waals surface area (Å²) in [6.07, 6.45) is 1.26. The van der Waals surface area contributed by atoms with Gasteiger partial charge in [-0.15, -0.1) is 0 Å². The first-order chi connectivity index (χ1) is 8.58. The van der Waals surface area contributed by atoms with Crippen LogP contribution in [0, 0.1) is 5.82 Å². The third-order valence-electron chi connectivity index (χ3n) is 2.50. The molecule has 4 nitrogen and oxygen atoms in total. The maximum Gasteiger partial charge on any atom is 0.271 e. The Kier molecular flexibility index (Phi) is 3.62. The number of aromatic nitrogens is 2. The van der Waals surface area contributed by atoms with Gasteiger partial charge in [0.05, 0.1) is 12.4 Å². The van der Waals surface area contributed by atoms with E-state index in [0.717, 1.165) is 5.56 Å². The van der Waals surface area contributed by atoms with Crippen LogP contribution in [-0.4, -0.2) is 9.97 Å². The van der Waals surface area contributed by atoms with Gasteiger partial charge >= 0.3 is 0 Å². The molecule has 0 aliphatic carbocycles. The van der Waals surface area contributed by atoms with Crippen molar-refractivity contribution in [2.45, 2.75) is 13.0 Å². The third kappa shape index (κ3) is 2.68. The number of anilines is 1. The fourth-order valence-electron chi connectivity index (χ4n) is 1.55. The van der Waals surface area contributed by atoms with Gasteiger partial charge in [-0.05, 0) is 24.6 Å². The average molecular weight is 268 g/mol. The highest BCUT2D eigenvalue weighted by molar-refractivity contribution is 6.32. The summed E-state index contributed by atoms with van der Waals surface area (Å²) in [5.74, 6) is -0.0386. The van der Waals surface area contributed by atoms with E-state index in [0.29, 0.717) is 0 Å². The first-order valence-electron chi connectivity index (χ1n) is 5.33. The first-order valence-corrected chi connectivity index (χ1v) is 5.71. The lowest BCUT2D eigenvalue weighted by molar-refractivity contribution is 0.623. The largest absolute Gasteiger partial charge is 0.362 e. The lowest BCUT2D eigenvalue weighted by Crippen LogP contribution is -2.14. The number of H-pyrrole nitrogens is 1. The number of aromatic amines is 1. The van der Waals surface area contributed by atoms with E-state index in [1.807, 2.05) is 6.92 Å². The maximum absolute atomic E-state index is 13.1. The molecule has 0 fully saturated rings. The first kappa shape index (κ1) is 12.6. The van der Waals surface area contributed by atoms with Crippen LogP contribution in [0.15, 0.2) is 35.4 Å². The Hall–Kier alpha value is -1.88. The van der Waals surface area contributed by atoms with Crippen molar-refractivity contribution < 1.29 is 4.39 Å². The predicted molar refractivity (Wildman–Crippen MR) is 68.3 cm³/mol. The number of benzene rings is 1. The number of hydrogen-bond acceptors (Lipinski definition) is 3. The van der Waals surface area contributed by atoms with Gasteiger partial charge in [-0.3, -0.25) is 4.79 Å². The molecule has 1 atom stereocenters. The van der Waals surface area contributed by atoms with Gasteiger partial charge < -0.3 is 10.3 Å². The normalized spacial score (nSPS) is 12.2. The quantitative estimate of drug-likeness (QED) is 0.899. The van der Waals surface area contributed by atoms with Gasteiger partial charge in [-0.2, -0.15) is 0 Å². The molecule has 1 aromatic heterocycles. The lowest BCUT2D eigenvalue weighted by Gasteiger charge is -2.15. The zero-order chi connectivity index (χ0) is 13.1. The van der Waals surface area contributed by atoms with Crippen LogP contribution in [0.5, 0.6) is 0 Å². The molecule has 0 saturated carbocycles. The Balaban J connectivity index is 2.24. The van der Waals surface area contributed by atoms with E-state index in [9.17, 15) is 9.18 Å². The second-order valence-electron chi connectivity index (χ2n) is 3.82. The summed E-state index contributed by atoms with van der Waals surface area (Å²) < 4.78 is 13.1. The molecule has 0 spiro atoms. The molecule has 0 bridgehead atoms. The molecule has 0 aliphatic rings. The topological polar surface area (TPSA) is 57.8 Å². The lowest BCUT2D eigenvalue weighted by atomic mass is 10.1. The molecule has 2 N–H and O–H groups in total. The zero-order valence-electron chi connectivity index (χ0n) is 9.58. The molecule has 0 radical (unpaired) electrons. The van der Waals surface area contributed by atoms with E-state index in [4.69, 9.17) is 11.6 Å². The highest BCUT2D eigenvalue weighted by Crippen LogP contribution is 2.21. The second kappa shape index (κ2) is 5.18. The second-order valence-corrected chi connectivity index (χ2v) is 4.19. The minimum absolute atomic E-state index is 0.0132. The van der Waals surface area contributed by atoms with Crippen LogP contribution in [0.3, 0.4) is 0 Å². The number of nitrogens with one attached hydrogen (secondary N) is 2. The minimum Gasteiger partial charge on any atom is -0.362 e. The third-order valence-corrected chi connectivity index (χ3v) is 2.85. The maximum atomic E-state index is 13.1. The van der Waals surface area contributed by atoms with Crippen LogP contribution in [0.4, 0.5) is 10.2 Å². The summed E-state index contributed by atoms with van der Waals surface area (Å²) in [4.78, 5) is 17.6. The SMILES string of the molecule is CC(Nc1nc[nH]c(=O)c1Cl)c1cccc(F)c1. The van der Waals surface area contributed by atoms with Crippen LogP contribution in [0.2, 0.25) is 5.02 Å². The van der Waals surface area contributed by atoms with Crippen molar-refractivity contribution in [2.24, 2.45) is 0 Å². The van der Waals surface area contributed by atoms with Gasteiger partial charge in [0.15, 0.2) is 5.82 Å². The summed E-state index contributed by atoms with van der Waals surface area (Å²) in [6, 6.07) is 5.97. The van der Waals surface area contributed by atoms with Crippen LogP contribution >= 0.6 is 11.6 Å². The molecular formula is C12H11ClFN3O. The minimum atomic E-state index is -0.416. The Morgan fingerprint density at radius 3 is 3.00 bits per heavy atom. The van der Waals surface area contributed by atoms with Gasteiger partial charge in [0, 0.05) is 0 Å². The molecule has 2 rings (SSSR count). The van der Waals surface area contributed by atoms with Crippen molar-refractivity contribution in [2.75, 3.05) is 5.32 Å². The number of rotatable bonds is 3. The van der Waals surface area contributed by atoms with Crippen LogP contribution in [0.1, 0.15) is 18.5 Å². The Morgan fingerprint density at radius 2 is 2.28 bits per heavy atom. The molecule has 1 heterocycles. The van der Waals surface area contributed by atoms with Crippen molar-refractivity contribution in [1.29, 1.82) is 0 Å². The highest BCUT2D eigenvalue weighted by Gasteiger charge is 2.11. The van der Waals surface area contributed by atoms with Gasteiger partial charge in [-0.25, -0.2) is 9.37 Å². The van der Waals surface area contributed by atoms with Crippen molar-refractivity contribution in [3.05, 3.63) is 57.3 Å². The van der Waals surface area contributed by atoms with Crippen LogP contribution < -0.4 is 10.9 Å². The standard InChI is InChI=1S/C12H11ClFN3O/c1-7(8-3-2-4-9(14)5-8)17-11-10(13)12(18)16-6-15-11/h2-7H,1H3,(H2,15,16,17,18). The zero-order valence-corrected chi connectivity index (χ0v) is 10.3. The van der Waals surface area contributed by atoms with Gasteiger partial charge in [0.25, 0.3) is 5.56 Å². The summed E-state index contributed by atoms with van der Waals surface area (Å²) in [7, 11) is 0. The summed E-state index contributed by atoms with van der Waals surface area (Å²) in [6.45, 7) is 1.83. The molecule has 2 aromatic rings. The van der Waals surface area contributed by atoms with E-state index >= 15 is 0 Å². The Labute approximate surface area is 108 Å². The van der Waals surface area contributed by atoms with Crippen molar-refractivity contribution in [3.63, 3.8) is 0 Å². The molecule has 94 valence electrons. The molecule has 1 unspecified atom stereocenters. The van der Waals surface area contributed by atoms with E-state index in [1.54, 1.807) is 12.1 Å². The van der Waals surface area contributed by atoms with E-state index in [-0.39, 0.29) is 22.7 Å². The summed E-state index contributed by atoms with van der Waals surface area (Å²) in [5, 5.41) is 2.95. The molecular weight excluding hydrogens is 257 g/mol. The fourth-order valence-corrected chi connectivity index (χ4v) is 1.71. The molecule has 6 heteroatoms. The smallest absolute Gasteiger partial charge is 0.271 e. The van der Waals surface area contributed by atoms with E-state index in [1.165, 1.54) is 18.5 Å².